The molecule has 0 saturated heterocycles. The minimum atomic E-state index is -0.273. The summed E-state index contributed by atoms with van der Waals surface area (Å²) < 4.78 is 2.40. The van der Waals surface area contributed by atoms with Crippen LogP contribution in [0.1, 0.15) is 130 Å². The van der Waals surface area contributed by atoms with Crippen molar-refractivity contribution in [3.63, 3.8) is 0 Å². The first-order valence-corrected chi connectivity index (χ1v) is 27.6. The first kappa shape index (κ1) is 45.8. The number of hydrogen-bond acceptors (Lipinski definition) is 4. The van der Waals surface area contributed by atoms with Crippen molar-refractivity contribution < 1.29 is 0 Å². The molecule has 4 aliphatic heterocycles. The van der Waals surface area contributed by atoms with Gasteiger partial charge in [0, 0.05) is 43.0 Å². The van der Waals surface area contributed by atoms with Gasteiger partial charge in [-0.1, -0.05) is 194 Å². The van der Waals surface area contributed by atoms with E-state index in [0.29, 0.717) is 0 Å². The Balaban J connectivity index is 1.13. The molecule has 0 spiro atoms. The molecule has 0 saturated carbocycles. The van der Waals surface area contributed by atoms with Crippen LogP contribution in [0.4, 0.5) is 34.1 Å². The van der Waals surface area contributed by atoms with Crippen LogP contribution < -0.4 is 26.2 Å². The van der Waals surface area contributed by atoms with Gasteiger partial charge < -0.3 is 9.80 Å². The van der Waals surface area contributed by atoms with Crippen molar-refractivity contribution in [1.82, 2.24) is 9.38 Å². The van der Waals surface area contributed by atoms with Gasteiger partial charge in [0.25, 0.3) is 6.71 Å². The van der Waals surface area contributed by atoms with E-state index < -0.39 is 0 Å². The summed E-state index contributed by atoms with van der Waals surface area (Å²) in [7, 11) is 0. The number of nitrogens with zero attached hydrogens (tertiary/aromatic N) is 4. The zero-order valence-electron chi connectivity index (χ0n) is 45.6. The van der Waals surface area contributed by atoms with E-state index in [-0.39, 0.29) is 33.8 Å². The summed E-state index contributed by atoms with van der Waals surface area (Å²) in [6.07, 6.45) is 0. The Hall–Kier alpha value is -6.76. The lowest BCUT2D eigenvalue weighted by Crippen LogP contribution is -2.63. The van der Waals surface area contributed by atoms with E-state index in [1.54, 1.807) is 0 Å². The molecule has 0 radical (unpaired) electrons. The molecule has 8 aromatic carbocycles. The quantitative estimate of drug-likeness (QED) is 0.121. The summed E-state index contributed by atoms with van der Waals surface area (Å²) in [5, 5.41) is 3.63. The summed E-state index contributed by atoms with van der Waals surface area (Å²) in [5.74, 6) is 0. The number of para-hydroxylation sites is 1. The minimum Gasteiger partial charge on any atom is -0.311 e. The molecule has 10 aromatic rings. The van der Waals surface area contributed by atoms with Gasteiger partial charge in [-0.2, -0.15) is 0 Å². The highest BCUT2D eigenvalue weighted by Crippen LogP contribution is 2.59. The lowest BCUT2D eigenvalue weighted by Gasteiger charge is -2.51. The van der Waals surface area contributed by atoms with Crippen molar-refractivity contribution in [2.45, 2.75) is 134 Å². The van der Waals surface area contributed by atoms with Gasteiger partial charge in [-0.3, -0.25) is 4.40 Å². The Bertz CT molecular complexity index is 4150. The summed E-state index contributed by atoms with van der Waals surface area (Å²) in [6.45, 7) is 33.4. The predicted octanol–water partition coefficient (Wildman–Crippen LogP) is 16.8. The predicted molar refractivity (Wildman–Crippen MR) is 318 cm³/mol. The van der Waals surface area contributed by atoms with Crippen LogP contribution in [0, 0.1) is 0 Å². The molecule has 2 aromatic heterocycles. The molecule has 4 aliphatic rings. The van der Waals surface area contributed by atoms with Gasteiger partial charge in [0.05, 0.1) is 33.6 Å². The van der Waals surface area contributed by atoms with Crippen molar-refractivity contribution in [3.05, 3.63) is 173 Å². The second-order valence-corrected chi connectivity index (χ2v) is 27.7. The third-order valence-electron chi connectivity index (χ3n) is 17.3. The number of fused-ring (bicyclic) bond motifs is 16. The van der Waals surface area contributed by atoms with Gasteiger partial charge in [0.2, 0.25) is 0 Å². The first-order valence-electron chi connectivity index (χ1n) is 26.8. The van der Waals surface area contributed by atoms with Crippen LogP contribution in [0.2, 0.25) is 0 Å². The molecule has 6 heteroatoms. The third-order valence-corrected chi connectivity index (χ3v) is 18.4. The molecular formula is C68H65BN4S. The Morgan fingerprint density at radius 2 is 1.00 bits per heavy atom. The standard InChI is InChI=1S/C68H65BN4S/c1-64(2,3)40-24-27-53-47(32-40)68(13,14)48-33-42(66(7,8)9)34-49-61(48)71(53)56-30-39(38-23-26-51-55(29-38)73-52-22-18-17-20-45(52)44-19-15-16-21-46(44)63(73)70-51)31-57-60(56)69(49)50-35-43(67(10,11)12)37-59-62(50)72(57)54-28-25-41(65(4,5)6)36-58(54)74-59/h15-37H,1-14H3. The SMILES string of the molecule is CC(C)(C)c1ccc2c(c1)Sc1cc(C(C)(C)C)cc3c1N2c1cc(-c2ccc4nc5c6ccccc6c6ccccc6n5c4c2)cc2c1B3c1cc(C(C)(C)C)cc3c1N2c1ccc(C(C)(C)C)cc1C3(C)C. The highest BCUT2D eigenvalue weighted by Gasteiger charge is 2.51. The number of hydrogen-bond donors (Lipinski definition) is 0. The van der Waals surface area contributed by atoms with E-state index in [9.17, 15) is 0 Å². The number of anilines is 6. The summed E-state index contributed by atoms with van der Waals surface area (Å²) >= 11 is 1.97. The minimum absolute atomic E-state index is 0.00290. The normalized spacial score (nSPS) is 15.4. The Labute approximate surface area is 441 Å². The topological polar surface area (TPSA) is 23.8 Å². The number of rotatable bonds is 1. The molecule has 4 nitrogen and oxygen atoms in total. The van der Waals surface area contributed by atoms with Gasteiger partial charge in [-0.15, -0.1) is 0 Å². The molecule has 14 rings (SSSR count). The van der Waals surface area contributed by atoms with Crippen LogP contribution in [0.15, 0.2) is 149 Å². The van der Waals surface area contributed by atoms with E-state index in [1.807, 2.05) is 11.8 Å². The van der Waals surface area contributed by atoms with Gasteiger partial charge in [0.1, 0.15) is 5.65 Å². The monoisotopic (exact) mass is 981 g/mol. The van der Waals surface area contributed by atoms with Crippen molar-refractivity contribution in [1.29, 1.82) is 0 Å². The van der Waals surface area contributed by atoms with Gasteiger partial charge >= 0.3 is 0 Å². The molecule has 0 aliphatic carbocycles. The molecule has 0 N–H and O–H groups in total. The maximum atomic E-state index is 5.39. The Kier molecular flexibility index (Phi) is 9.14. The molecule has 0 atom stereocenters. The maximum absolute atomic E-state index is 5.39. The second-order valence-electron chi connectivity index (χ2n) is 26.6. The van der Waals surface area contributed by atoms with E-state index in [1.165, 1.54) is 126 Å². The molecule has 74 heavy (non-hydrogen) atoms. The molecule has 6 heterocycles. The number of imidazole rings is 1. The average molecular weight is 981 g/mol. The largest absolute Gasteiger partial charge is 0.311 e. The van der Waals surface area contributed by atoms with E-state index in [2.05, 4.69) is 251 Å². The van der Waals surface area contributed by atoms with Crippen LogP contribution in [0.25, 0.3) is 49.5 Å². The summed E-state index contributed by atoms with van der Waals surface area (Å²) in [5.41, 5.74) is 26.3. The van der Waals surface area contributed by atoms with Crippen LogP contribution in [0.3, 0.4) is 0 Å². The van der Waals surface area contributed by atoms with Crippen molar-refractivity contribution >= 4 is 107 Å². The van der Waals surface area contributed by atoms with Crippen molar-refractivity contribution in [2.75, 3.05) is 9.80 Å². The van der Waals surface area contributed by atoms with Crippen LogP contribution in [-0.4, -0.2) is 16.1 Å². The number of benzene rings is 8. The molecule has 0 fully saturated rings. The summed E-state index contributed by atoms with van der Waals surface area (Å²) in [6, 6.07) is 54.6. The molecule has 366 valence electrons. The van der Waals surface area contributed by atoms with Crippen molar-refractivity contribution in [2.24, 2.45) is 0 Å². The molecule has 0 amide bonds. The fourth-order valence-corrected chi connectivity index (χ4v) is 14.2. The highest BCUT2D eigenvalue weighted by atomic mass is 32.2. The fraction of sp³-hybridized carbons (Fsp3) is 0.279. The lowest BCUT2D eigenvalue weighted by molar-refractivity contribution is 0.574. The molecule has 0 bridgehead atoms. The fourth-order valence-electron chi connectivity index (χ4n) is 13.0. The number of aromatic nitrogens is 2. The van der Waals surface area contributed by atoms with Gasteiger partial charge in [0.15, 0.2) is 0 Å². The van der Waals surface area contributed by atoms with E-state index in [0.717, 1.165) is 16.7 Å². The van der Waals surface area contributed by atoms with Crippen LogP contribution >= 0.6 is 11.8 Å². The van der Waals surface area contributed by atoms with E-state index in [4.69, 9.17) is 4.98 Å². The smallest absolute Gasteiger partial charge is 0.252 e. The lowest BCUT2D eigenvalue weighted by atomic mass is 9.32. The zero-order chi connectivity index (χ0) is 51.5. The first-order chi connectivity index (χ1) is 35.0. The third kappa shape index (κ3) is 6.33. The Morgan fingerprint density at radius 3 is 1.68 bits per heavy atom. The second kappa shape index (κ2) is 14.8. The van der Waals surface area contributed by atoms with Crippen molar-refractivity contribution in [3.8, 4) is 11.1 Å². The summed E-state index contributed by atoms with van der Waals surface area (Å²) in [4.78, 5) is 13.4. The molecular weight excluding hydrogens is 916 g/mol. The maximum Gasteiger partial charge on any atom is 0.252 e. The zero-order valence-corrected chi connectivity index (χ0v) is 46.4. The van der Waals surface area contributed by atoms with Gasteiger partial charge in [-0.25, -0.2) is 4.98 Å². The van der Waals surface area contributed by atoms with E-state index >= 15 is 0 Å². The average Bonchev–Trinajstić information content (AvgIpc) is 3.80. The van der Waals surface area contributed by atoms with Crippen LogP contribution in [-0.2, 0) is 27.1 Å². The Morgan fingerprint density at radius 1 is 0.446 bits per heavy atom. The van der Waals surface area contributed by atoms with Gasteiger partial charge in [-0.05, 0) is 143 Å². The highest BCUT2D eigenvalue weighted by molar-refractivity contribution is 7.99. The number of pyridine rings is 1. The molecule has 0 unspecified atom stereocenters. The van der Waals surface area contributed by atoms with Crippen LogP contribution in [0.5, 0.6) is 0 Å².